The molecular formula is C12H16O2S. The first-order valence-corrected chi connectivity index (χ1v) is 6.09. The summed E-state index contributed by atoms with van der Waals surface area (Å²) < 4.78 is 4.78. The van der Waals surface area contributed by atoms with Crippen molar-refractivity contribution in [3.8, 4) is 0 Å². The number of hydrogen-bond acceptors (Lipinski definition) is 3. The second-order valence-corrected chi connectivity index (χ2v) is 5.85. The van der Waals surface area contributed by atoms with E-state index in [2.05, 4.69) is 13.8 Å². The standard InChI is InChI=1S/C12H16O2S/c1-12(2)5-4-8-9(11(13)14-3)7-15-10(8)6-12/h7H,4-6H2,1-3H3. The molecule has 0 radical (unpaired) electrons. The summed E-state index contributed by atoms with van der Waals surface area (Å²) >= 11 is 1.70. The van der Waals surface area contributed by atoms with Crippen LogP contribution < -0.4 is 0 Å². The number of thiophene rings is 1. The molecule has 1 aromatic heterocycles. The third kappa shape index (κ3) is 1.93. The molecule has 1 heterocycles. The SMILES string of the molecule is COC(=O)c1csc2c1CCC(C)(C)C2. The third-order valence-corrected chi connectivity index (χ3v) is 4.11. The third-order valence-electron chi connectivity index (χ3n) is 3.08. The highest BCUT2D eigenvalue weighted by Gasteiger charge is 2.29. The predicted molar refractivity (Wildman–Crippen MR) is 61.5 cm³/mol. The van der Waals surface area contributed by atoms with Crippen molar-refractivity contribution >= 4 is 17.3 Å². The van der Waals surface area contributed by atoms with Crippen LogP contribution in [0.25, 0.3) is 0 Å². The van der Waals surface area contributed by atoms with Crippen LogP contribution in [0, 0.1) is 5.41 Å². The van der Waals surface area contributed by atoms with Crippen LogP contribution in [-0.2, 0) is 17.6 Å². The number of esters is 1. The molecule has 82 valence electrons. The Morgan fingerprint density at radius 2 is 2.27 bits per heavy atom. The molecule has 0 fully saturated rings. The molecule has 0 saturated heterocycles. The van der Waals surface area contributed by atoms with Gasteiger partial charge in [0, 0.05) is 10.3 Å². The van der Waals surface area contributed by atoms with Crippen LogP contribution in [0.2, 0.25) is 0 Å². The molecule has 0 saturated carbocycles. The Balaban J connectivity index is 2.34. The zero-order valence-corrected chi connectivity index (χ0v) is 10.2. The first-order chi connectivity index (χ1) is 7.03. The second-order valence-electron chi connectivity index (χ2n) is 4.88. The highest BCUT2D eigenvalue weighted by molar-refractivity contribution is 7.10. The Morgan fingerprint density at radius 1 is 1.53 bits per heavy atom. The molecule has 2 nitrogen and oxygen atoms in total. The summed E-state index contributed by atoms with van der Waals surface area (Å²) in [5.74, 6) is -0.188. The van der Waals surface area contributed by atoms with Crippen LogP contribution in [0.15, 0.2) is 5.38 Å². The maximum atomic E-state index is 11.5. The zero-order chi connectivity index (χ0) is 11.1. The summed E-state index contributed by atoms with van der Waals surface area (Å²) in [5.41, 5.74) is 2.39. The van der Waals surface area contributed by atoms with E-state index in [0.717, 1.165) is 24.8 Å². The van der Waals surface area contributed by atoms with Gasteiger partial charge in [-0.2, -0.15) is 0 Å². The molecule has 1 aliphatic rings. The minimum Gasteiger partial charge on any atom is -0.465 e. The Bertz CT molecular complexity index is 390. The Morgan fingerprint density at radius 3 is 2.93 bits per heavy atom. The second kappa shape index (κ2) is 3.63. The van der Waals surface area contributed by atoms with Crippen LogP contribution in [0.3, 0.4) is 0 Å². The van der Waals surface area contributed by atoms with Crippen molar-refractivity contribution in [3.63, 3.8) is 0 Å². The number of methoxy groups -OCH3 is 1. The Labute approximate surface area is 94.3 Å². The van der Waals surface area contributed by atoms with E-state index in [1.807, 2.05) is 5.38 Å². The lowest BCUT2D eigenvalue weighted by Gasteiger charge is -2.29. The summed E-state index contributed by atoms with van der Waals surface area (Å²) in [6.07, 6.45) is 3.25. The molecule has 0 amide bonds. The van der Waals surface area contributed by atoms with Crippen molar-refractivity contribution in [2.24, 2.45) is 5.41 Å². The normalized spacial score (nSPS) is 18.3. The van der Waals surface area contributed by atoms with Crippen LogP contribution in [0.5, 0.6) is 0 Å². The fraction of sp³-hybridized carbons (Fsp3) is 0.583. The van der Waals surface area contributed by atoms with Gasteiger partial charge in [0.05, 0.1) is 12.7 Å². The topological polar surface area (TPSA) is 26.3 Å². The lowest BCUT2D eigenvalue weighted by atomic mass is 9.77. The zero-order valence-electron chi connectivity index (χ0n) is 9.42. The molecule has 3 heteroatoms. The van der Waals surface area contributed by atoms with Crippen molar-refractivity contribution in [2.75, 3.05) is 7.11 Å². The van der Waals surface area contributed by atoms with Gasteiger partial charge in [-0.25, -0.2) is 4.79 Å². The number of ether oxygens (including phenoxy) is 1. The van der Waals surface area contributed by atoms with Crippen molar-refractivity contribution in [1.29, 1.82) is 0 Å². The first-order valence-electron chi connectivity index (χ1n) is 5.21. The predicted octanol–water partition coefficient (Wildman–Crippen LogP) is 3.05. The number of hydrogen-bond donors (Lipinski definition) is 0. The fourth-order valence-corrected chi connectivity index (χ4v) is 3.44. The van der Waals surface area contributed by atoms with E-state index in [-0.39, 0.29) is 5.97 Å². The van der Waals surface area contributed by atoms with Gasteiger partial charge in [0.15, 0.2) is 0 Å². The summed E-state index contributed by atoms with van der Waals surface area (Å²) in [6, 6.07) is 0. The monoisotopic (exact) mass is 224 g/mol. The minimum absolute atomic E-state index is 0.188. The molecule has 0 aromatic carbocycles. The molecule has 0 N–H and O–H groups in total. The summed E-state index contributed by atoms with van der Waals surface area (Å²) in [4.78, 5) is 12.9. The number of carbonyl (C=O) groups is 1. The fourth-order valence-electron chi connectivity index (χ4n) is 2.11. The van der Waals surface area contributed by atoms with Gasteiger partial charge < -0.3 is 4.74 Å². The number of fused-ring (bicyclic) bond motifs is 1. The van der Waals surface area contributed by atoms with Crippen LogP contribution in [0.4, 0.5) is 0 Å². The molecule has 0 atom stereocenters. The van der Waals surface area contributed by atoms with E-state index in [1.165, 1.54) is 17.6 Å². The van der Waals surface area contributed by atoms with Gasteiger partial charge in [0.2, 0.25) is 0 Å². The van der Waals surface area contributed by atoms with Gasteiger partial charge in [-0.1, -0.05) is 13.8 Å². The van der Waals surface area contributed by atoms with E-state index < -0.39 is 0 Å². The summed E-state index contributed by atoms with van der Waals surface area (Å²) in [5, 5.41) is 1.94. The van der Waals surface area contributed by atoms with Gasteiger partial charge in [-0.05, 0) is 30.2 Å². The van der Waals surface area contributed by atoms with Crippen LogP contribution in [-0.4, -0.2) is 13.1 Å². The molecule has 0 spiro atoms. The minimum atomic E-state index is -0.188. The maximum Gasteiger partial charge on any atom is 0.338 e. The molecule has 1 aromatic rings. The smallest absolute Gasteiger partial charge is 0.338 e. The quantitative estimate of drug-likeness (QED) is 0.685. The summed E-state index contributed by atoms with van der Waals surface area (Å²) in [6.45, 7) is 4.57. The van der Waals surface area contributed by atoms with Gasteiger partial charge >= 0.3 is 5.97 Å². The molecule has 0 unspecified atom stereocenters. The highest BCUT2D eigenvalue weighted by atomic mass is 32.1. The van der Waals surface area contributed by atoms with Crippen molar-refractivity contribution in [2.45, 2.75) is 33.1 Å². The highest BCUT2D eigenvalue weighted by Crippen LogP contribution is 2.39. The molecule has 0 bridgehead atoms. The molecule has 2 rings (SSSR count). The molecule has 15 heavy (non-hydrogen) atoms. The molecule has 0 aliphatic heterocycles. The van der Waals surface area contributed by atoms with E-state index >= 15 is 0 Å². The van der Waals surface area contributed by atoms with Gasteiger partial charge in [-0.15, -0.1) is 11.3 Å². The Hall–Kier alpha value is -0.830. The average Bonchev–Trinajstić information content (AvgIpc) is 2.57. The summed E-state index contributed by atoms with van der Waals surface area (Å²) in [7, 11) is 1.44. The number of carbonyl (C=O) groups excluding carboxylic acids is 1. The van der Waals surface area contributed by atoms with E-state index in [9.17, 15) is 4.79 Å². The van der Waals surface area contributed by atoms with E-state index in [4.69, 9.17) is 4.74 Å². The number of rotatable bonds is 1. The first kappa shape index (κ1) is 10.7. The van der Waals surface area contributed by atoms with Gasteiger partial charge in [-0.3, -0.25) is 0 Å². The average molecular weight is 224 g/mol. The maximum absolute atomic E-state index is 11.5. The van der Waals surface area contributed by atoms with Crippen LogP contribution >= 0.6 is 11.3 Å². The van der Waals surface area contributed by atoms with Crippen molar-refractivity contribution in [3.05, 3.63) is 21.4 Å². The molecule has 1 aliphatic carbocycles. The largest absolute Gasteiger partial charge is 0.465 e. The van der Waals surface area contributed by atoms with Crippen molar-refractivity contribution in [1.82, 2.24) is 0 Å². The molecular weight excluding hydrogens is 208 g/mol. The van der Waals surface area contributed by atoms with E-state index in [0.29, 0.717) is 5.41 Å². The van der Waals surface area contributed by atoms with Gasteiger partial charge in [0.1, 0.15) is 0 Å². The van der Waals surface area contributed by atoms with Crippen LogP contribution in [0.1, 0.15) is 41.1 Å². The lowest BCUT2D eigenvalue weighted by molar-refractivity contribution is 0.0599. The lowest BCUT2D eigenvalue weighted by Crippen LogP contribution is -2.21. The van der Waals surface area contributed by atoms with Crippen molar-refractivity contribution < 1.29 is 9.53 Å². The van der Waals surface area contributed by atoms with E-state index in [1.54, 1.807) is 11.3 Å². The Kier molecular flexibility index (Phi) is 2.59. The van der Waals surface area contributed by atoms with Gasteiger partial charge in [0.25, 0.3) is 0 Å².